The highest BCUT2D eigenvalue weighted by atomic mass is 127. The average molecular weight is 266 g/mol. The van der Waals surface area contributed by atoms with Crippen LogP contribution in [0.25, 0.3) is 0 Å². The highest BCUT2D eigenvalue weighted by Crippen LogP contribution is 2.29. The molecule has 64 valence electrons. The van der Waals surface area contributed by atoms with E-state index in [0.717, 1.165) is 6.54 Å². The topological polar surface area (TPSA) is 6.48 Å². The van der Waals surface area contributed by atoms with E-state index >= 15 is 0 Å². The van der Waals surface area contributed by atoms with E-state index in [-0.39, 0.29) is 5.66 Å². The first-order valence-electron chi connectivity index (χ1n) is 3.99. The smallest absolute Gasteiger partial charge is 0.115 e. The van der Waals surface area contributed by atoms with Crippen molar-refractivity contribution in [1.82, 2.24) is 8.01 Å². The third kappa shape index (κ3) is 1.63. The molecule has 0 bridgehead atoms. The predicted molar refractivity (Wildman–Crippen MR) is 56.1 cm³/mol. The summed E-state index contributed by atoms with van der Waals surface area (Å²) in [6.07, 6.45) is 5.49. The normalized spacial score (nSPS) is 21.5. The van der Waals surface area contributed by atoms with E-state index in [4.69, 9.17) is 0 Å². The minimum Gasteiger partial charge on any atom is -0.353 e. The minimum absolute atomic E-state index is 0.163. The Morgan fingerprint density at radius 3 is 2.36 bits per heavy atom. The van der Waals surface area contributed by atoms with Crippen molar-refractivity contribution in [2.24, 2.45) is 0 Å². The summed E-state index contributed by atoms with van der Waals surface area (Å²) in [5.74, 6) is 0. The first-order chi connectivity index (χ1) is 5.09. The van der Waals surface area contributed by atoms with Gasteiger partial charge in [0.2, 0.25) is 0 Å². The molecule has 0 spiro atoms. The van der Waals surface area contributed by atoms with Gasteiger partial charge in [-0.2, -0.15) is 0 Å². The van der Waals surface area contributed by atoms with Gasteiger partial charge >= 0.3 is 0 Å². The van der Waals surface area contributed by atoms with Gasteiger partial charge in [-0.15, -0.1) is 0 Å². The number of halogens is 1. The molecule has 3 heteroatoms. The summed E-state index contributed by atoms with van der Waals surface area (Å²) in [5, 5.41) is 0. The van der Waals surface area contributed by atoms with Crippen LogP contribution < -0.4 is 0 Å². The Kier molecular flexibility index (Phi) is 2.67. The van der Waals surface area contributed by atoms with Crippen LogP contribution in [0, 0.1) is 0 Å². The standard InChI is InChI=1S/C8H15IN2/c1-4-5-10-6-7-11(9)8(10,2)3/h6-7H,4-5H2,1-3H3. The van der Waals surface area contributed by atoms with Gasteiger partial charge in [-0.05, 0) is 20.3 Å². The Balaban J connectivity index is 2.62. The van der Waals surface area contributed by atoms with Crippen molar-refractivity contribution in [3.05, 3.63) is 12.4 Å². The van der Waals surface area contributed by atoms with Crippen LogP contribution >= 0.6 is 22.9 Å². The summed E-state index contributed by atoms with van der Waals surface area (Å²) in [7, 11) is 0. The maximum absolute atomic E-state index is 2.36. The van der Waals surface area contributed by atoms with Gasteiger partial charge in [0.05, 0.1) is 22.9 Å². The van der Waals surface area contributed by atoms with Gasteiger partial charge in [0, 0.05) is 18.9 Å². The van der Waals surface area contributed by atoms with Gasteiger partial charge < -0.3 is 4.90 Å². The summed E-state index contributed by atoms with van der Waals surface area (Å²) in [5.41, 5.74) is 0.163. The van der Waals surface area contributed by atoms with E-state index in [9.17, 15) is 0 Å². The molecule has 0 atom stereocenters. The van der Waals surface area contributed by atoms with Crippen molar-refractivity contribution in [2.75, 3.05) is 6.54 Å². The number of nitrogens with zero attached hydrogens (tertiary/aromatic N) is 2. The van der Waals surface area contributed by atoms with Crippen molar-refractivity contribution >= 4 is 22.9 Å². The van der Waals surface area contributed by atoms with Gasteiger partial charge in [0.1, 0.15) is 5.66 Å². The molecule has 1 heterocycles. The lowest BCUT2D eigenvalue weighted by Crippen LogP contribution is -2.44. The van der Waals surface area contributed by atoms with Crippen LogP contribution in [0.1, 0.15) is 27.2 Å². The molecular formula is C8H15IN2. The highest BCUT2D eigenvalue weighted by Gasteiger charge is 2.31. The van der Waals surface area contributed by atoms with Crippen LogP contribution in [-0.4, -0.2) is 20.2 Å². The molecule has 0 aliphatic carbocycles. The minimum atomic E-state index is 0.163. The largest absolute Gasteiger partial charge is 0.353 e. The van der Waals surface area contributed by atoms with E-state index in [1.165, 1.54) is 6.42 Å². The van der Waals surface area contributed by atoms with E-state index in [0.29, 0.717) is 0 Å². The van der Waals surface area contributed by atoms with Crippen LogP contribution in [0.2, 0.25) is 0 Å². The zero-order chi connectivity index (χ0) is 8.48. The zero-order valence-corrected chi connectivity index (χ0v) is 9.50. The Bertz CT molecular complexity index is 165. The monoisotopic (exact) mass is 266 g/mol. The SMILES string of the molecule is CCCN1C=CN(I)C1(C)C. The molecule has 1 rings (SSSR count). The van der Waals surface area contributed by atoms with Gasteiger partial charge in [-0.25, -0.2) is 0 Å². The molecule has 0 amide bonds. The second-order valence-electron chi connectivity index (χ2n) is 3.30. The fourth-order valence-electron chi connectivity index (χ4n) is 1.22. The van der Waals surface area contributed by atoms with Crippen LogP contribution in [0.15, 0.2) is 12.4 Å². The molecule has 1 aliphatic rings. The molecule has 1 aliphatic heterocycles. The van der Waals surface area contributed by atoms with E-state index in [2.05, 4.69) is 64.0 Å². The van der Waals surface area contributed by atoms with Gasteiger partial charge in [0.25, 0.3) is 0 Å². The van der Waals surface area contributed by atoms with Crippen LogP contribution in [0.5, 0.6) is 0 Å². The van der Waals surface area contributed by atoms with Crippen LogP contribution in [0.4, 0.5) is 0 Å². The van der Waals surface area contributed by atoms with Crippen LogP contribution in [0.3, 0.4) is 0 Å². The number of hydrogen-bond acceptors (Lipinski definition) is 2. The zero-order valence-electron chi connectivity index (χ0n) is 7.34. The van der Waals surface area contributed by atoms with Crippen molar-refractivity contribution in [1.29, 1.82) is 0 Å². The molecule has 11 heavy (non-hydrogen) atoms. The van der Waals surface area contributed by atoms with E-state index in [1.54, 1.807) is 0 Å². The predicted octanol–water partition coefficient (Wildman–Crippen LogP) is 2.57. The molecule has 0 aromatic heterocycles. The molecule has 0 saturated heterocycles. The van der Waals surface area contributed by atoms with Crippen LogP contribution in [-0.2, 0) is 0 Å². The molecular weight excluding hydrogens is 251 g/mol. The third-order valence-corrected chi connectivity index (χ3v) is 3.57. The Morgan fingerprint density at radius 2 is 2.00 bits per heavy atom. The van der Waals surface area contributed by atoms with Gasteiger partial charge in [0.15, 0.2) is 0 Å². The summed E-state index contributed by atoms with van der Waals surface area (Å²) >= 11 is 2.33. The van der Waals surface area contributed by atoms with Crippen molar-refractivity contribution < 1.29 is 0 Å². The first kappa shape index (κ1) is 9.16. The van der Waals surface area contributed by atoms with E-state index < -0.39 is 0 Å². The summed E-state index contributed by atoms with van der Waals surface area (Å²) in [6.45, 7) is 7.81. The maximum atomic E-state index is 2.36. The summed E-state index contributed by atoms with van der Waals surface area (Å²) < 4.78 is 2.21. The Labute approximate surface area is 82.7 Å². The molecule has 0 saturated carbocycles. The molecule has 0 unspecified atom stereocenters. The first-order valence-corrected chi connectivity index (χ1v) is 4.95. The van der Waals surface area contributed by atoms with Crippen molar-refractivity contribution in [3.8, 4) is 0 Å². The lowest BCUT2D eigenvalue weighted by molar-refractivity contribution is 0.139. The van der Waals surface area contributed by atoms with E-state index in [1.807, 2.05) is 0 Å². The Morgan fingerprint density at radius 1 is 1.36 bits per heavy atom. The fraction of sp³-hybridized carbons (Fsp3) is 0.750. The molecule has 0 N–H and O–H groups in total. The second kappa shape index (κ2) is 3.21. The molecule has 2 nitrogen and oxygen atoms in total. The molecule has 0 radical (unpaired) electrons. The van der Waals surface area contributed by atoms with Gasteiger partial charge in [-0.3, -0.25) is 3.11 Å². The quantitative estimate of drug-likeness (QED) is 0.560. The second-order valence-corrected chi connectivity index (χ2v) is 4.34. The lowest BCUT2D eigenvalue weighted by atomic mass is 10.2. The third-order valence-electron chi connectivity index (χ3n) is 2.07. The maximum Gasteiger partial charge on any atom is 0.115 e. The number of hydrogen-bond donors (Lipinski definition) is 0. The summed E-state index contributed by atoms with van der Waals surface area (Å²) in [6, 6.07) is 0. The number of rotatable bonds is 2. The fourth-order valence-corrected chi connectivity index (χ4v) is 1.64. The summed E-state index contributed by atoms with van der Waals surface area (Å²) in [4.78, 5) is 2.36. The molecule has 0 fully saturated rings. The molecule has 0 aromatic rings. The lowest BCUT2D eigenvalue weighted by Gasteiger charge is -2.36. The average Bonchev–Trinajstić information content (AvgIpc) is 2.16. The Hall–Kier alpha value is 0.0700. The van der Waals surface area contributed by atoms with Gasteiger partial charge in [-0.1, -0.05) is 6.92 Å². The van der Waals surface area contributed by atoms with Crippen molar-refractivity contribution in [2.45, 2.75) is 32.9 Å². The highest BCUT2D eigenvalue weighted by molar-refractivity contribution is 14.1. The van der Waals surface area contributed by atoms with Crippen molar-refractivity contribution in [3.63, 3.8) is 0 Å². The molecule has 0 aromatic carbocycles.